The summed E-state index contributed by atoms with van der Waals surface area (Å²) >= 11 is 0. The van der Waals surface area contributed by atoms with Gasteiger partial charge in [-0.2, -0.15) is 18.3 Å². The van der Waals surface area contributed by atoms with Crippen molar-refractivity contribution in [3.63, 3.8) is 0 Å². The number of rotatable bonds is 3. The largest absolute Gasteiger partial charge is 0.417 e. The molecule has 0 aliphatic heterocycles. The number of benzene rings is 1. The molecule has 1 heterocycles. The van der Waals surface area contributed by atoms with Gasteiger partial charge in [-0.25, -0.2) is 0 Å². The van der Waals surface area contributed by atoms with Crippen molar-refractivity contribution in [2.75, 3.05) is 5.32 Å². The van der Waals surface area contributed by atoms with Crippen LogP contribution in [0.1, 0.15) is 34.2 Å². The Morgan fingerprint density at radius 2 is 1.91 bits per heavy atom. The second-order valence-corrected chi connectivity index (χ2v) is 4.86. The molecule has 0 saturated heterocycles. The smallest absolute Gasteiger partial charge is 0.319 e. The highest BCUT2D eigenvalue weighted by Gasteiger charge is 2.35. The van der Waals surface area contributed by atoms with Gasteiger partial charge in [0.1, 0.15) is 0 Å². The molecule has 2 rings (SSSR count). The molecule has 7 heteroatoms. The third-order valence-electron chi connectivity index (χ3n) is 3.40. The molecule has 0 spiro atoms. The van der Waals surface area contributed by atoms with E-state index in [1.807, 2.05) is 6.92 Å². The third-order valence-corrected chi connectivity index (χ3v) is 3.40. The van der Waals surface area contributed by atoms with Crippen LogP contribution < -0.4 is 5.32 Å². The molecule has 0 radical (unpaired) electrons. The Morgan fingerprint density at radius 3 is 2.45 bits per heavy atom. The summed E-state index contributed by atoms with van der Waals surface area (Å²) in [5.74, 6) is -0.797. The van der Waals surface area contributed by atoms with Crippen molar-refractivity contribution in [3.8, 4) is 0 Å². The monoisotopic (exact) mass is 311 g/mol. The minimum Gasteiger partial charge on any atom is -0.319 e. The Hall–Kier alpha value is -2.31. The van der Waals surface area contributed by atoms with Crippen LogP contribution in [0.3, 0.4) is 0 Å². The molecular weight excluding hydrogens is 295 g/mol. The van der Waals surface area contributed by atoms with Gasteiger partial charge in [0.05, 0.1) is 28.2 Å². The molecule has 0 fully saturated rings. The Kier molecular flexibility index (Phi) is 4.25. The second-order valence-electron chi connectivity index (χ2n) is 4.86. The van der Waals surface area contributed by atoms with Gasteiger partial charge in [0.2, 0.25) is 0 Å². The Balaban J connectivity index is 2.37. The summed E-state index contributed by atoms with van der Waals surface area (Å²) in [4.78, 5) is 12.2. The van der Waals surface area contributed by atoms with Crippen molar-refractivity contribution in [1.29, 1.82) is 0 Å². The first kappa shape index (κ1) is 16.1. The van der Waals surface area contributed by atoms with Crippen LogP contribution in [0, 0.1) is 13.8 Å². The average Bonchev–Trinajstić information content (AvgIpc) is 2.73. The van der Waals surface area contributed by atoms with Gasteiger partial charge in [0.25, 0.3) is 5.91 Å². The standard InChI is InChI=1S/C15H16F3N3O/c1-4-21-10(3)13(9(2)20-21)19-14(22)11-7-5-6-8-12(11)15(16,17)18/h5-8H,4H2,1-3H3,(H,19,22). The zero-order valence-electron chi connectivity index (χ0n) is 12.5. The van der Waals surface area contributed by atoms with Crippen molar-refractivity contribution < 1.29 is 18.0 Å². The number of hydrogen-bond acceptors (Lipinski definition) is 2. The first-order valence-corrected chi connectivity index (χ1v) is 6.77. The van der Waals surface area contributed by atoms with Gasteiger partial charge in [-0.05, 0) is 32.9 Å². The number of hydrogen-bond donors (Lipinski definition) is 1. The van der Waals surface area contributed by atoms with Crippen LogP contribution in [0.25, 0.3) is 0 Å². The molecule has 4 nitrogen and oxygen atoms in total. The lowest BCUT2D eigenvalue weighted by Crippen LogP contribution is -2.19. The van der Waals surface area contributed by atoms with Crippen LogP contribution in [-0.2, 0) is 12.7 Å². The lowest BCUT2D eigenvalue weighted by Gasteiger charge is -2.12. The number of aromatic nitrogens is 2. The summed E-state index contributed by atoms with van der Waals surface area (Å²) < 4.78 is 40.6. The second kappa shape index (κ2) is 5.82. The Morgan fingerprint density at radius 1 is 1.27 bits per heavy atom. The maximum atomic E-state index is 13.0. The first-order valence-electron chi connectivity index (χ1n) is 6.77. The number of amides is 1. The molecule has 2 aromatic rings. The van der Waals surface area contributed by atoms with E-state index in [0.29, 0.717) is 23.6 Å². The summed E-state index contributed by atoms with van der Waals surface area (Å²) in [6, 6.07) is 4.71. The van der Waals surface area contributed by atoms with Gasteiger partial charge in [-0.15, -0.1) is 0 Å². The van der Waals surface area contributed by atoms with Gasteiger partial charge in [0, 0.05) is 6.54 Å². The van der Waals surface area contributed by atoms with Crippen LogP contribution >= 0.6 is 0 Å². The molecule has 0 unspecified atom stereocenters. The van der Waals surface area contributed by atoms with E-state index in [0.717, 1.165) is 12.1 Å². The number of nitrogens with zero attached hydrogens (tertiary/aromatic N) is 2. The van der Waals surface area contributed by atoms with Crippen LogP contribution in [0.5, 0.6) is 0 Å². The fraction of sp³-hybridized carbons (Fsp3) is 0.333. The summed E-state index contributed by atoms with van der Waals surface area (Å²) in [5.41, 5.74) is 0.364. The van der Waals surface area contributed by atoms with Gasteiger partial charge in [0.15, 0.2) is 0 Å². The Bertz CT molecular complexity index is 705. The van der Waals surface area contributed by atoms with E-state index in [1.54, 1.807) is 18.5 Å². The summed E-state index contributed by atoms with van der Waals surface area (Å²) in [6.07, 6.45) is -4.58. The number of halogens is 3. The molecule has 0 bridgehead atoms. The van der Waals surface area contributed by atoms with E-state index in [-0.39, 0.29) is 0 Å². The van der Waals surface area contributed by atoms with E-state index in [4.69, 9.17) is 0 Å². The maximum absolute atomic E-state index is 13.0. The zero-order chi connectivity index (χ0) is 16.5. The molecular formula is C15H16F3N3O. The van der Waals surface area contributed by atoms with E-state index < -0.39 is 23.2 Å². The molecule has 0 saturated carbocycles. The summed E-state index contributed by atoms with van der Waals surface area (Å²) in [6.45, 7) is 5.96. The zero-order valence-corrected chi connectivity index (χ0v) is 12.5. The van der Waals surface area contributed by atoms with Crippen molar-refractivity contribution >= 4 is 11.6 Å². The molecule has 118 valence electrons. The number of carbonyl (C=O) groups is 1. The fourth-order valence-electron chi connectivity index (χ4n) is 2.29. The minimum atomic E-state index is -4.58. The molecule has 1 aromatic carbocycles. The fourth-order valence-corrected chi connectivity index (χ4v) is 2.29. The minimum absolute atomic E-state index is 0.405. The summed E-state index contributed by atoms with van der Waals surface area (Å²) in [7, 11) is 0. The van der Waals surface area contributed by atoms with E-state index in [2.05, 4.69) is 10.4 Å². The highest BCUT2D eigenvalue weighted by atomic mass is 19.4. The molecule has 22 heavy (non-hydrogen) atoms. The van der Waals surface area contributed by atoms with Crippen molar-refractivity contribution in [2.24, 2.45) is 0 Å². The average molecular weight is 311 g/mol. The number of carbonyl (C=O) groups excluding carboxylic acids is 1. The molecule has 0 aliphatic rings. The summed E-state index contributed by atoms with van der Waals surface area (Å²) in [5, 5.41) is 6.77. The van der Waals surface area contributed by atoms with Crippen LogP contribution in [0.2, 0.25) is 0 Å². The van der Waals surface area contributed by atoms with Gasteiger partial charge in [-0.1, -0.05) is 12.1 Å². The van der Waals surface area contributed by atoms with Crippen LogP contribution in [0.4, 0.5) is 18.9 Å². The topological polar surface area (TPSA) is 46.9 Å². The highest BCUT2D eigenvalue weighted by Crippen LogP contribution is 2.32. The molecule has 0 atom stereocenters. The molecule has 0 aliphatic carbocycles. The lowest BCUT2D eigenvalue weighted by atomic mass is 10.1. The van der Waals surface area contributed by atoms with Crippen LogP contribution in [-0.4, -0.2) is 15.7 Å². The van der Waals surface area contributed by atoms with E-state index >= 15 is 0 Å². The highest BCUT2D eigenvalue weighted by molar-refractivity contribution is 6.06. The first-order chi connectivity index (χ1) is 10.3. The Labute approximate surface area is 125 Å². The lowest BCUT2D eigenvalue weighted by molar-refractivity contribution is -0.137. The van der Waals surface area contributed by atoms with Gasteiger partial charge < -0.3 is 5.32 Å². The number of anilines is 1. The quantitative estimate of drug-likeness (QED) is 0.937. The number of alkyl halides is 3. The normalized spacial score (nSPS) is 11.5. The van der Waals surface area contributed by atoms with Crippen molar-refractivity contribution in [3.05, 3.63) is 46.8 Å². The number of nitrogens with one attached hydrogen (secondary N) is 1. The maximum Gasteiger partial charge on any atom is 0.417 e. The SMILES string of the molecule is CCn1nc(C)c(NC(=O)c2ccccc2C(F)(F)F)c1C. The van der Waals surface area contributed by atoms with Crippen LogP contribution in [0.15, 0.2) is 24.3 Å². The van der Waals surface area contributed by atoms with Crippen molar-refractivity contribution in [1.82, 2.24) is 9.78 Å². The molecule has 1 amide bonds. The van der Waals surface area contributed by atoms with Gasteiger partial charge >= 0.3 is 6.18 Å². The van der Waals surface area contributed by atoms with E-state index in [9.17, 15) is 18.0 Å². The predicted molar refractivity (Wildman–Crippen MR) is 76.8 cm³/mol. The predicted octanol–water partition coefficient (Wildman–Crippen LogP) is 3.79. The molecule has 1 N–H and O–H groups in total. The van der Waals surface area contributed by atoms with E-state index in [1.165, 1.54) is 12.1 Å². The third kappa shape index (κ3) is 2.98. The number of aryl methyl sites for hydroxylation is 2. The molecule has 1 aromatic heterocycles. The van der Waals surface area contributed by atoms with Gasteiger partial charge in [-0.3, -0.25) is 9.48 Å². The van der Waals surface area contributed by atoms with Crippen molar-refractivity contribution in [2.45, 2.75) is 33.5 Å².